The number of nitriles is 1. The Balaban J connectivity index is 1.72. The third-order valence-electron chi connectivity index (χ3n) is 8.80. The number of benzene rings is 2. The predicted molar refractivity (Wildman–Crippen MR) is 158 cm³/mol. The second kappa shape index (κ2) is 15.0. The molecule has 1 amide bonds. The lowest BCUT2D eigenvalue weighted by Gasteiger charge is -2.43. The van der Waals surface area contributed by atoms with E-state index in [1.807, 2.05) is 30.3 Å². The number of amides is 1. The summed E-state index contributed by atoms with van der Waals surface area (Å²) in [6.45, 7) is 0.169. The van der Waals surface area contributed by atoms with Gasteiger partial charge in [-0.2, -0.15) is 9.57 Å². The van der Waals surface area contributed by atoms with E-state index in [4.69, 9.17) is 9.47 Å². The highest BCUT2D eigenvalue weighted by Crippen LogP contribution is 2.42. The van der Waals surface area contributed by atoms with Crippen LogP contribution in [-0.2, 0) is 21.2 Å². The average Bonchev–Trinajstić information content (AvgIpc) is 3.54. The monoisotopic (exact) mass is 612 g/mol. The minimum atomic E-state index is -4.13. The van der Waals surface area contributed by atoms with Crippen LogP contribution in [0, 0.1) is 16.7 Å². The zero-order valence-corrected chi connectivity index (χ0v) is 25.6. The first-order valence-corrected chi connectivity index (χ1v) is 16.5. The molecule has 1 aliphatic heterocycles. The van der Waals surface area contributed by atoms with Gasteiger partial charge in [0.05, 0.1) is 30.2 Å². The van der Waals surface area contributed by atoms with Gasteiger partial charge in [-0.1, -0.05) is 49.6 Å². The van der Waals surface area contributed by atoms with E-state index in [1.54, 1.807) is 12.1 Å². The second-order valence-electron chi connectivity index (χ2n) is 11.7. The molecule has 2 fully saturated rings. The van der Waals surface area contributed by atoms with E-state index in [9.17, 15) is 28.7 Å². The van der Waals surface area contributed by atoms with Crippen molar-refractivity contribution in [2.75, 3.05) is 26.8 Å². The largest absolute Gasteiger partial charge is 0.530 e. The fraction of sp³-hybridized carbons (Fsp3) is 0.562. The van der Waals surface area contributed by atoms with Crippen molar-refractivity contribution >= 4 is 16.1 Å². The molecule has 1 saturated heterocycles. The van der Waals surface area contributed by atoms with Crippen molar-refractivity contribution in [2.45, 2.75) is 87.5 Å². The molecule has 2 aromatic rings. The van der Waals surface area contributed by atoms with Gasteiger partial charge in [0, 0.05) is 26.1 Å². The van der Waals surface area contributed by atoms with Crippen LogP contribution in [0.5, 0.6) is 5.75 Å². The van der Waals surface area contributed by atoms with Crippen molar-refractivity contribution < 1.29 is 32.9 Å². The van der Waals surface area contributed by atoms with E-state index in [0.29, 0.717) is 38.0 Å². The van der Waals surface area contributed by atoms with Crippen molar-refractivity contribution in [3.05, 3.63) is 60.2 Å². The molecule has 0 bridgehead atoms. The van der Waals surface area contributed by atoms with Crippen molar-refractivity contribution in [1.29, 1.82) is 5.26 Å². The zero-order valence-electron chi connectivity index (χ0n) is 24.8. The number of carboxylic acid groups (broad SMARTS) is 1. The minimum Gasteiger partial charge on any atom is -0.530 e. The van der Waals surface area contributed by atoms with Crippen LogP contribution in [0.3, 0.4) is 0 Å². The Kier molecular flexibility index (Phi) is 11.4. The molecule has 0 aromatic heterocycles. The molecule has 4 rings (SSSR count). The Morgan fingerprint density at radius 3 is 2.42 bits per heavy atom. The summed E-state index contributed by atoms with van der Waals surface area (Å²) in [7, 11) is -2.63. The fourth-order valence-corrected chi connectivity index (χ4v) is 8.05. The lowest BCUT2D eigenvalue weighted by Crippen LogP contribution is -2.59. The fourth-order valence-electron chi connectivity index (χ4n) is 6.48. The highest BCUT2D eigenvalue weighted by atomic mass is 32.2. The number of aliphatic hydroxyl groups excluding tert-OH is 1. The van der Waals surface area contributed by atoms with Gasteiger partial charge in [-0.3, -0.25) is 0 Å². The molecule has 1 N–H and O–H groups in total. The molecule has 43 heavy (non-hydrogen) atoms. The smallest absolute Gasteiger partial charge is 0.243 e. The van der Waals surface area contributed by atoms with Gasteiger partial charge >= 0.3 is 0 Å². The molecule has 0 unspecified atom stereocenters. The summed E-state index contributed by atoms with van der Waals surface area (Å²) in [6, 6.07) is 16.5. The lowest BCUT2D eigenvalue weighted by atomic mass is 9.71. The molecular formula is C32H42N3O7S-. The van der Waals surface area contributed by atoms with Crippen LogP contribution >= 0.6 is 0 Å². The molecule has 1 saturated carbocycles. The summed E-state index contributed by atoms with van der Waals surface area (Å²) in [5.74, 6) is 0.507. The van der Waals surface area contributed by atoms with Crippen molar-refractivity contribution in [3.63, 3.8) is 0 Å². The van der Waals surface area contributed by atoms with Crippen LogP contribution < -0.4 is 9.84 Å². The van der Waals surface area contributed by atoms with Gasteiger partial charge in [-0.25, -0.2) is 8.42 Å². The molecule has 234 valence electrons. The van der Waals surface area contributed by atoms with Crippen LogP contribution in [0.25, 0.3) is 0 Å². The Labute approximate surface area is 254 Å². The summed E-state index contributed by atoms with van der Waals surface area (Å²) in [4.78, 5) is 13.6. The van der Waals surface area contributed by atoms with Crippen LogP contribution in [0.1, 0.15) is 63.4 Å². The van der Waals surface area contributed by atoms with Gasteiger partial charge in [0.2, 0.25) is 10.0 Å². The molecule has 11 heteroatoms. The number of aliphatic hydroxyl groups is 1. The number of carbonyl (C=O) groups is 1. The summed E-state index contributed by atoms with van der Waals surface area (Å²) >= 11 is 0. The number of nitrogens with zero attached hydrogens (tertiary/aromatic N) is 3. The molecule has 0 radical (unpaired) electrons. The number of sulfonamides is 1. The van der Waals surface area contributed by atoms with Gasteiger partial charge in [0.15, 0.2) is 0 Å². The van der Waals surface area contributed by atoms with Gasteiger partial charge in [-0.15, -0.1) is 0 Å². The van der Waals surface area contributed by atoms with Crippen molar-refractivity contribution in [3.8, 4) is 11.8 Å². The van der Waals surface area contributed by atoms with E-state index < -0.39 is 39.9 Å². The Hall–Kier alpha value is -3.17. The van der Waals surface area contributed by atoms with E-state index in [0.717, 1.165) is 42.6 Å². The summed E-state index contributed by atoms with van der Waals surface area (Å²) in [6.07, 6.45) is 2.89. The molecule has 1 heterocycles. The first-order valence-electron chi connectivity index (χ1n) is 15.0. The van der Waals surface area contributed by atoms with Crippen molar-refractivity contribution in [2.24, 2.45) is 5.41 Å². The Morgan fingerprint density at radius 1 is 1.14 bits per heavy atom. The number of ether oxygens (including phenoxy) is 2. The highest BCUT2D eigenvalue weighted by molar-refractivity contribution is 7.89. The van der Waals surface area contributed by atoms with Gasteiger partial charge in [-0.05, 0) is 73.8 Å². The average molecular weight is 613 g/mol. The highest BCUT2D eigenvalue weighted by Gasteiger charge is 2.41. The molecule has 2 aliphatic rings. The van der Waals surface area contributed by atoms with Crippen molar-refractivity contribution in [1.82, 2.24) is 9.21 Å². The maximum Gasteiger partial charge on any atom is 0.243 e. The predicted octanol–water partition coefficient (Wildman–Crippen LogP) is 3.69. The number of hydrogen-bond acceptors (Lipinski definition) is 8. The summed E-state index contributed by atoms with van der Waals surface area (Å²) < 4.78 is 40.7. The minimum absolute atomic E-state index is 0.0437. The van der Waals surface area contributed by atoms with Crippen LogP contribution in [-0.4, -0.2) is 74.0 Å². The van der Waals surface area contributed by atoms with Gasteiger partial charge < -0.3 is 29.4 Å². The number of carbonyl (C=O) groups excluding carboxylic acids is 1. The third-order valence-corrected chi connectivity index (χ3v) is 10.6. The van der Waals surface area contributed by atoms with Gasteiger partial charge in [0.1, 0.15) is 18.1 Å². The van der Waals surface area contributed by atoms with E-state index in [-0.39, 0.29) is 24.4 Å². The molecular weight excluding hydrogens is 570 g/mol. The van der Waals surface area contributed by atoms with Crippen LogP contribution in [0.4, 0.5) is 4.79 Å². The summed E-state index contributed by atoms with van der Waals surface area (Å²) in [5.41, 5.74) is 0.364. The normalized spacial score (nSPS) is 19.8. The zero-order chi connectivity index (χ0) is 30.9. The Morgan fingerprint density at radius 2 is 1.84 bits per heavy atom. The Bertz CT molecular complexity index is 1320. The molecule has 3 atom stereocenters. The number of rotatable bonds is 14. The maximum atomic E-state index is 14.2. The number of hydrogen-bond donors (Lipinski definition) is 1. The van der Waals surface area contributed by atoms with E-state index >= 15 is 0 Å². The molecule has 2 aromatic carbocycles. The van der Waals surface area contributed by atoms with E-state index in [2.05, 4.69) is 6.07 Å². The first kappa shape index (κ1) is 32.7. The number of methoxy groups -OCH3 is 1. The van der Waals surface area contributed by atoms with Crippen LogP contribution in [0.15, 0.2) is 59.5 Å². The standard InChI is InChI=1S/C32H43N3O7S/c1-41-26-13-15-27(16-14-26)43(39,40)34(24-32(19-9-20-33)17-6-3-7-18-32)23-29(36)28(22-25-10-4-2-5-11-25)35(31(37)38)30-12-8-21-42-30/h2,4-5,10-11,13-16,28-30,36H,3,6-9,12,17-19,21-24H2,1H3,(H,37,38)/p-1/t28-,29+,30-/m0/s1. The third kappa shape index (κ3) is 8.26. The molecule has 1 aliphatic carbocycles. The lowest BCUT2D eigenvalue weighted by molar-refractivity contribution is -0.279. The maximum absolute atomic E-state index is 14.2. The molecule has 10 nitrogen and oxygen atoms in total. The SMILES string of the molecule is COc1ccc(S(=O)(=O)N(C[C@@H](O)[C@H](Cc2ccccc2)N(C(=O)[O-])[C@@H]2CCCO2)CC2(CCC#N)CCCCC2)cc1. The second-order valence-corrected chi connectivity index (χ2v) is 13.6. The first-order chi connectivity index (χ1) is 20.7. The quantitative estimate of drug-likeness (QED) is 0.340. The van der Waals surface area contributed by atoms with E-state index in [1.165, 1.54) is 23.5 Å². The van der Waals surface area contributed by atoms with Gasteiger partial charge in [0.25, 0.3) is 0 Å². The van der Waals surface area contributed by atoms with Crippen LogP contribution in [0.2, 0.25) is 0 Å². The molecule has 0 spiro atoms. The summed E-state index contributed by atoms with van der Waals surface area (Å²) in [5, 5.41) is 33.8. The topological polar surface area (TPSA) is 143 Å².